The maximum absolute atomic E-state index is 12.8. The van der Waals surface area contributed by atoms with Crippen LogP contribution in [-0.4, -0.2) is 37.1 Å². The van der Waals surface area contributed by atoms with Gasteiger partial charge in [-0.25, -0.2) is 8.42 Å². The predicted molar refractivity (Wildman–Crippen MR) is 107 cm³/mol. The molecule has 140 valence electrons. The molecule has 1 fully saturated rings. The molecule has 8 heteroatoms. The number of aldehydes is 1. The number of aromatic nitrogens is 1. The molecule has 0 saturated carbocycles. The van der Waals surface area contributed by atoms with Crippen LogP contribution in [0.4, 0.5) is 0 Å². The number of hydrogen-bond donors (Lipinski definition) is 1. The van der Waals surface area contributed by atoms with E-state index in [1.165, 1.54) is 4.31 Å². The molecule has 1 saturated heterocycles. The van der Waals surface area contributed by atoms with Crippen LogP contribution in [0, 0.1) is 0 Å². The normalized spacial score (nSPS) is 15.5. The summed E-state index contributed by atoms with van der Waals surface area (Å²) in [6.45, 7) is 1.05. The third kappa shape index (κ3) is 3.17. The zero-order valence-corrected chi connectivity index (χ0v) is 16.5. The second kappa shape index (κ2) is 6.95. The van der Waals surface area contributed by atoms with Gasteiger partial charge in [0.05, 0.1) is 15.6 Å². The maximum atomic E-state index is 12.8. The zero-order chi connectivity index (χ0) is 19.2. The molecule has 0 bridgehead atoms. The van der Waals surface area contributed by atoms with Gasteiger partial charge in [0.2, 0.25) is 10.0 Å². The Morgan fingerprint density at radius 1 is 1.04 bits per heavy atom. The predicted octanol–water partition coefficient (Wildman–Crippen LogP) is 4.74. The Balaban J connectivity index is 1.88. The van der Waals surface area contributed by atoms with Crippen molar-refractivity contribution in [3.8, 4) is 11.3 Å². The third-order valence-electron chi connectivity index (χ3n) is 4.83. The number of benzene rings is 2. The van der Waals surface area contributed by atoms with E-state index in [2.05, 4.69) is 4.98 Å². The van der Waals surface area contributed by atoms with Gasteiger partial charge in [-0.3, -0.25) is 4.79 Å². The Morgan fingerprint density at radius 3 is 2.44 bits per heavy atom. The van der Waals surface area contributed by atoms with E-state index in [0.717, 1.165) is 12.8 Å². The van der Waals surface area contributed by atoms with E-state index < -0.39 is 10.0 Å². The van der Waals surface area contributed by atoms with Crippen molar-refractivity contribution in [3.05, 3.63) is 52.0 Å². The number of carbonyl (C=O) groups excluding carboxylic acids is 1. The van der Waals surface area contributed by atoms with E-state index >= 15 is 0 Å². The molecule has 1 aliphatic rings. The zero-order valence-electron chi connectivity index (χ0n) is 14.2. The number of hydrogen-bond acceptors (Lipinski definition) is 3. The number of carbonyl (C=O) groups is 1. The minimum absolute atomic E-state index is 0.188. The lowest BCUT2D eigenvalue weighted by Gasteiger charge is -2.15. The second-order valence-electron chi connectivity index (χ2n) is 6.47. The van der Waals surface area contributed by atoms with Crippen LogP contribution in [0.1, 0.15) is 23.2 Å². The molecule has 0 amide bonds. The van der Waals surface area contributed by atoms with E-state index in [0.29, 0.717) is 57.1 Å². The van der Waals surface area contributed by atoms with Crippen LogP contribution >= 0.6 is 23.2 Å². The smallest absolute Gasteiger partial charge is 0.243 e. The van der Waals surface area contributed by atoms with Crippen molar-refractivity contribution in [1.82, 2.24) is 9.29 Å². The molecule has 1 N–H and O–H groups in total. The lowest BCUT2D eigenvalue weighted by atomic mass is 10.1. The van der Waals surface area contributed by atoms with Crippen LogP contribution in [0.3, 0.4) is 0 Å². The number of nitrogens with one attached hydrogen (secondary N) is 1. The van der Waals surface area contributed by atoms with Gasteiger partial charge in [-0.1, -0.05) is 23.2 Å². The molecule has 0 aliphatic carbocycles. The Morgan fingerprint density at radius 2 is 1.78 bits per heavy atom. The average molecular weight is 423 g/mol. The van der Waals surface area contributed by atoms with E-state index in [4.69, 9.17) is 23.2 Å². The molecule has 1 aliphatic heterocycles. The SMILES string of the molecule is O=Cc1c(-c2ccc(Cl)cc2Cl)[nH]c2ccc(S(=O)(=O)N3CCCC3)cc12. The van der Waals surface area contributed by atoms with Gasteiger partial charge >= 0.3 is 0 Å². The summed E-state index contributed by atoms with van der Waals surface area (Å²) >= 11 is 12.2. The van der Waals surface area contributed by atoms with Crippen LogP contribution in [-0.2, 0) is 10.0 Å². The molecule has 0 unspecified atom stereocenters. The summed E-state index contributed by atoms with van der Waals surface area (Å²) in [7, 11) is -3.56. The topological polar surface area (TPSA) is 70.2 Å². The number of rotatable bonds is 4. The van der Waals surface area contributed by atoms with Crippen LogP contribution in [0.2, 0.25) is 10.0 Å². The van der Waals surface area contributed by atoms with Gasteiger partial charge in [0, 0.05) is 40.1 Å². The van der Waals surface area contributed by atoms with E-state index in [1.807, 2.05) is 0 Å². The fraction of sp³-hybridized carbons (Fsp3) is 0.211. The maximum Gasteiger partial charge on any atom is 0.243 e. The summed E-state index contributed by atoms with van der Waals surface area (Å²) in [5, 5.41) is 1.44. The number of sulfonamides is 1. The summed E-state index contributed by atoms with van der Waals surface area (Å²) in [6, 6.07) is 9.81. The number of nitrogens with zero attached hydrogens (tertiary/aromatic N) is 1. The molecule has 27 heavy (non-hydrogen) atoms. The van der Waals surface area contributed by atoms with Crippen LogP contribution in [0.25, 0.3) is 22.2 Å². The monoisotopic (exact) mass is 422 g/mol. The highest BCUT2D eigenvalue weighted by atomic mass is 35.5. The molecule has 3 aromatic rings. The first-order valence-electron chi connectivity index (χ1n) is 8.48. The van der Waals surface area contributed by atoms with Crippen molar-refractivity contribution in [3.63, 3.8) is 0 Å². The molecular weight excluding hydrogens is 407 g/mol. The van der Waals surface area contributed by atoms with Crippen LogP contribution < -0.4 is 0 Å². The second-order valence-corrected chi connectivity index (χ2v) is 9.26. The molecule has 5 nitrogen and oxygen atoms in total. The van der Waals surface area contributed by atoms with Crippen LogP contribution in [0.15, 0.2) is 41.3 Å². The highest BCUT2D eigenvalue weighted by Gasteiger charge is 2.28. The van der Waals surface area contributed by atoms with Gasteiger partial charge in [-0.2, -0.15) is 4.31 Å². The highest BCUT2D eigenvalue weighted by Crippen LogP contribution is 2.36. The number of halogens is 2. The molecule has 2 aromatic carbocycles. The number of fused-ring (bicyclic) bond motifs is 1. The molecular formula is C19H16Cl2N2O3S. The molecule has 1 aromatic heterocycles. The van der Waals surface area contributed by atoms with Crippen LogP contribution in [0.5, 0.6) is 0 Å². The molecule has 0 radical (unpaired) electrons. The molecule has 0 atom stereocenters. The van der Waals surface area contributed by atoms with Crippen molar-refractivity contribution >= 4 is 50.4 Å². The van der Waals surface area contributed by atoms with Crippen molar-refractivity contribution < 1.29 is 13.2 Å². The molecule has 2 heterocycles. The van der Waals surface area contributed by atoms with Crippen molar-refractivity contribution in [2.45, 2.75) is 17.7 Å². The quantitative estimate of drug-likeness (QED) is 0.617. The Kier molecular flexibility index (Phi) is 4.76. The van der Waals surface area contributed by atoms with E-state index in [1.54, 1.807) is 36.4 Å². The highest BCUT2D eigenvalue weighted by molar-refractivity contribution is 7.89. The first-order chi connectivity index (χ1) is 12.9. The fourth-order valence-corrected chi connectivity index (χ4v) is 5.50. The number of H-pyrrole nitrogens is 1. The summed E-state index contributed by atoms with van der Waals surface area (Å²) in [6.07, 6.45) is 2.44. The minimum Gasteiger partial charge on any atom is -0.354 e. The summed E-state index contributed by atoms with van der Waals surface area (Å²) in [4.78, 5) is 15.2. The van der Waals surface area contributed by atoms with Gasteiger partial charge in [0.1, 0.15) is 0 Å². The first-order valence-corrected chi connectivity index (χ1v) is 10.7. The largest absolute Gasteiger partial charge is 0.354 e. The Bertz CT molecular complexity index is 1150. The van der Waals surface area contributed by atoms with Gasteiger partial charge in [0.15, 0.2) is 6.29 Å². The number of aromatic amines is 1. The van der Waals surface area contributed by atoms with Gasteiger partial charge in [0.25, 0.3) is 0 Å². The molecule has 0 spiro atoms. The van der Waals surface area contributed by atoms with Gasteiger partial charge in [-0.15, -0.1) is 0 Å². The summed E-state index contributed by atoms with van der Waals surface area (Å²) < 4.78 is 27.2. The summed E-state index contributed by atoms with van der Waals surface area (Å²) in [5.74, 6) is 0. The summed E-state index contributed by atoms with van der Waals surface area (Å²) in [5.41, 5.74) is 2.20. The van der Waals surface area contributed by atoms with Gasteiger partial charge < -0.3 is 4.98 Å². The Hall–Kier alpha value is -1.86. The Labute approximate surface area is 166 Å². The lowest BCUT2D eigenvalue weighted by molar-refractivity contribution is 0.112. The first kappa shape index (κ1) is 18.5. The fourth-order valence-electron chi connectivity index (χ4n) is 3.46. The minimum atomic E-state index is -3.56. The van der Waals surface area contributed by atoms with Gasteiger partial charge in [-0.05, 0) is 49.2 Å². The average Bonchev–Trinajstić information content (AvgIpc) is 3.29. The molecule has 4 rings (SSSR count). The van der Waals surface area contributed by atoms with Crippen molar-refractivity contribution in [2.24, 2.45) is 0 Å². The lowest BCUT2D eigenvalue weighted by Crippen LogP contribution is -2.27. The van der Waals surface area contributed by atoms with Crippen molar-refractivity contribution in [1.29, 1.82) is 0 Å². The standard InChI is InChI=1S/C19H16Cl2N2O3S/c20-12-3-5-14(17(21)9-12)19-16(11-24)15-10-13(4-6-18(15)22-19)27(25,26)23-7-1-2-8-23/h3-6,9-11,22H,1-2,7-8H2. The van der Waals surface area contributed by atoms with Crippen molar-refractivity contribution in [2.75, 3.05) is 13.1 Å². The van der Waals surface area contributed by atoms with E-state index in [-0.39, 0.29) is 4.90 Å². The van der Waals surface area contributed by atoms with E-state index in [9.17, 15) is 13.2 Å². The third-order valence-corrected chi connectivity index (χ3v) is 7.27.